The first-order valence-corrected chi connectivity index (χ1v) is 20.6. The van der Waals surface area contributed by atoms with Gasteiger partial charge in [0.1, 0.15) is 0 Å². The highest BCUT2D eigenvalue weighted by molar-refractivity contribution is 6.05. The summed E-state index contributed by atoms with van der Waals surface area (Å²) in [7, 11) is 0. The Morgan fingerprint density at radius 3 is 0.543 bits per heavy atom. The lowest BCUT2D eigenvalue weighted by Crippen LogP contribution is -2.11. The summed E-state index contributed by atoms with van der Waals surface area (Å²) in [6, 6.07) is 5.59. The highest BCUT2D eigenvalue weighted by Gasteiger charge is 2.23. The highest BCUT2D eigenvalue weighted by atomic mass is 14.3. The standard InChI is InChI=1S/C46H74/c1-9-17-25-35-36(26-18-10-2)40(30-22-14-6)44-34-46-42(32-24-16-8)38(28-20-12-4)37(27-19-11-3)41(31-23-15-7)45(46)33-43(44)39(35)29-21-13-5/h33-34H,9-32H2,1-8H3. The average molecular weight is 627 g/mol. The van der Waals surface area contributed by atoms with Gasteiger partial charge in [0, 0.05) is 0 Å². The minimum Gasteiger partial charge on any atom is -0.0654 e. The minimum absolute atomic E-state index is 1.25. The van der Waals surface area contributed by atoms with Gasteiger partial charge in [-0.2, -0.15) is 0 Å². The van der Waals surface area contributed by atoms with E-state index in [0.29, 0.717) is 0 Å². The van der Waals surface area contributed by atoms with Crippen LogP contribution in [0.2, 0.25) is 0 Å². The van der Waals surface area contributed by atoms with Gasteiger partial charge in [0.05, 0.1) is 0 Å². The first-order valence-electron chi connectivity index (χ1n) is 20.6. The van der Waals surface area contributed by atoms with Crippen LogP contribution in [0.5, 0.6) is 0 Å². The lowest BCUT2D eigenvalue weighted by molar-refractivity contribution is 0.723. The Labute approximate surface area is 286 Å². The molecule has 0 atom stereocenters. The molecule has 0 unspecified atom stereocenters. The molecule has 46 heavy (non-hydrogen) atoms. The Morgan fingerprint density at radius 1 is 0.239 bits per heavy atom. The summed E-state index contributed by atoms with van der Waals surface area (Å²) in [4.78, 5) is 0. The van der Waals surface area contributed by atoms with Gasteiger partial charge in [-0.15, -0.1) is 0 Å². The molecule has 0 aliphatic carbocycles. The third-order valence-corrected chi connectivity index (χ3v) is 10.9. The van der Waals surface area contributed by atoms with Gasteiger partial charge >= 0.3 is 0 Å². The van der Waals surface area contributed by atoms with Crippen LogP contribution in [0.15, 0.2) is 12.1 Å². The normalized spacial score (nSPS) is 11.8. The molecule has 0 bridgehead atoms. The Bertz CT molecular complexity index is 1120. The number of hydrogen-bond donors (Lipinski definition) is 0. The number of unbranched alkanes of at least 4 members (excludes halogenated alkanes) is 8. The van der Waals surface area contributed by atoms with E-state index in [4.69, 9.17) is 0 Å². The van der Waals surface area contributed by atoms with Crippen molar-refractivity contribution in [3.05, 3.63) is 56.6 Å². The van der Waals surface area contributed by atoms with Gasteiger partial charge in [-0.25, -0.2) is 0 Å². The zero-order valence-electron chi connectivity index (χ0n) is 32.1. The maximum absolute atomic E-state index is 2.80. The van der Waals surface area contributed by atoms with Gasteiger partial charge in [0.25, 0.3) is 0 Å². The van der Waals surface area contributed by atoms with E-state index in [0.717, 1.165) is 0 Å². The fraction of sp³-hybridized carbons (Fsp3) is 0.696. The molecule has 0 fully saturated rings. The molecule has 0 radical (unpaired) electrons. The van der Waals surface area contributed by atoms with Crippen LogP contribution in [0, 0.1) is 0 Å². The molecule has 0 heteroatoms. The molecule has 0 spiro atoms. The largest absolute Gasteiger partial charge is 0.0654 e. The maximum Gasteiger partial charge on any atom is -0.0140 e. The molecular weight excluding hydrogens is 553 g/mol. The monoisotopic (exact) mass is 627 g/mol. The maximum atomic E-state index is 2.80. The SMILES string of the molecule is CCCCc1c(CCCC)c(CCCC)c2cc3c(CCCC)c(CCCC)c(CCCC)c(CCCC)c3cc2c1CCCC. The second kappa shape index (κ2) is 21.2. The van der Waals surface area contributed by atoms with E-state index in [1.807, 2.05) is 0 Å². The van der Waals surface area contributed by atoms with Crippen molar-refractivity contribution in [1.29, 1.82) is 0 Å². The Morgan fingerprint density at radius 2 is 0.391 bits per heavy atom. The van der Waals surface area contributed by atoms with Crippen LogP contribution in [0.25, 0.3) is 21.5 Å². The van der Waals surface area contributed by atoms with Crippen LogP contribution in [0.3, 0.4) is 0 Å². The van der Waals surface area contributed by atoms with Crippen LogP contribution in [0.4, 0.5) is 0 Å². The molecule has 0 N–H and O–H groups in total. The lowest BCUT2D eigenvalue weighted by Gasteiger charge is -2.27. The summed E-state index contributed by atoms with van der Waals surface area (Å²) in [6.07, 6.45) is 30.7. The van der Waals surface area contributed by atoms with Crippen LogP contribution >= 0.6 is 0 Å². The molecule has 3 rings (SSSR count). The van der Waals surface area contributed by atoms with Crippen molar-refractivity contribution in [3.63, 3.8) is 0 Å². The third-order valence-electron chi connectivity index (χ3n) is 10.9. The van der Waals surface area contributed by atoms with Crippen LogP contribution < -0.4 is 0 Å². The van der Waals surface area contributed by atoms with Gasteiger partial charge in [-0.1, -0.05) is 107 Å². The second-order valence-electron chi connectivity index (χ2n) is 14.6. The molecule has 3 aromatic carbocycles. The minimum atomic E-state index is 1.25. The summed E-state index contributed by atoms with van der Waals surface area (Å²) >= 11 is 0. The van der Waals surface area contributed by atoms with Gasteiger partial charge in [-0.05, 0) is 181 Å². The van der Waals surface area contributed by atoms with Gasteiger partial charge < -0.3 is 0 Å². The van der Waals surface area contributed by atoms with Crippen molar-refractivity contribution in [2.75, 3.05) is 0 Å². The smallest absolute Gasteiger partial charge is 0.0140 e. The lowest BCUT2D eigenvalue weighted by atomic mass is 9.77. The van der Waals surface area contributed by atoms with E-state index in [2.05, 4.69) is 67.5 Å². The van der Waals surface area contributed by atoms with E-state index in [1.165, 1.54) is 154 Å². The van der Waals surface area contributed by atoms with Crippen molar-refractivity contribution >= 4 is 21.5 Å². The van der Waals surface area contributed by atoms with E-state index < -0.39 is 0 Å². The van der Waals surface area contributed by atoms with E-state index >= 15 is 0 Å². The van der Waals surface area contributed by atoms with Crippen LogP contribution in [-0.2, 0) is 51.4 Å². The average Bonchev–Trinajstić information content (AvgIpc) is 3.07. The summed E-state index contributed by atoms with van der Waals surface area (Å²) < 4.78 is 0. The van der Waals surface area contributed by atoms with Crippen molar-refractivity contribution in [1.82, 2.24) is 0 Å². The molecule has 258 valence electrons. The zero-order chi connectivity index (χ0) is 33.3. The fourth-order valence-electron chi connectivity index (χ4n) is 8.15. The molecule has 0 amide bonds. The van der Waals surface area contributed by atoms with Crippen molar-refractivity contribution < 1.29 is 0 Å². The zero-order valence-corrected chi connectivity index (χ0v) is 32.1. The number of hydrogen-bond acceptors (Lipinski definition) is 0. The Balaban J connectivity index is 2.63. The molecule has 0 saturated carbocycles. The van der Waals surface area contributed by atoms with Gasteiger partial charge in [0.15, 0.2) is 0 Å². The van der Waals surface area contributed by atoms with Gasteiger partial charge in [-0.3, -0.25) is 0 Å². The first kappa shape index (κ1) is 38.6. The van der Waals surface area contributed by atoms with Crippen molar-refractivity contribution in [3.8, 4) is 0 Å². The topological polar surface area (TPSA) is 0 Å². The van der Waals surface area contributed by atoms with E-state index in [9.17, 15) is 0 Å². The summed E-state index contributed by atoms with van der Waals surface area (Å²) in [5.41, 5.74) is 14.0. The predicted molar refractivity (Wildman–Crippen MR) is 210 cm³/mol. The second-order valence-corrected chi connectivity index (χ2v) is 14.6. The molecule has 0 nitrogen and oxygen atoms in total. The number of fused-ring (bicyclic) bond motifs is 2. The molecule has 0 aliphatic rings. The summed E-state index contributed by atoms with van der Waals surface area (Å²) in [6.45, 7) is 19.1. The summed E-state index contributed by atoms with van der Waals surface area (Å²) in [5, 5.41) is 6.56. The molecular formula is C46H74. The van der Waals surface area contributed by atoms with Crippen LogP contribution in [-0.4, -0.2) is 0 Å². The van der Waals surface area contributed by atoms with Crippen molar-refractivity contribution in [2.24, 2.45) is 0 Å². The summed E-state index contributed by atoms with van der Waals surface area (Å²) in [5.74, 6) is 0. The third kappa shape index (κ3) is 9.63. The Kier molecular flexibility index (Phi) is 17.8. The molecule has 3 aromatic rings. The van der Waals surface area contributed by atoms with E-state index in [1.54, 1.807) is 66.1 Å². The van der Waals surface area contributed by atoms with Gasteiger partial charge in [0.2, 0.25) is 0 Å². The Hall–Kier alpha value is -1.82. The number of rotatable bonds is 24. The molecule has 0 aliphatic heterocycles. The quantitative estimate of drug-likeness (QED) is 0.0868. The predicted octanol–water partition coefficient (Wildman–Crippen LogP) is 14.7. The molecule has 0 heterocycles. The fourth-order valence-corrected chi connectivity index (χ4v) is 8.15. The highest BCUT2D eigenvalue weighted by Crippen LogP contribution is 2.42. The van der Waals surface area contributed by atoms with Crippen LogP contribution in [0.1, 0.15) is 203 Å². The number of benzene rings is 3. The molecule has 0 saturated heterocycles. The molecule has 0 aromatic heterocycles. The number of aryl methyl sites for hydroxylation is 4. The van der Waals surface area contributed by atoms with E-state index in [-0.39, 0.29) is 0 Å². The first-order chi connectivity index (χ1) is 22.6. The van der Waals surface area contributed by atoms with Crippen molar-refractivity contribution in [2.45, 2.75) is 209 Å².